The van der Waals surface area contributed by atoms with E-state index in [4.69, 9.17) is 0 Å². The van der Waals surface area contributed by atoms with Crippen LogP contribution in [-0.4, -0.2) is 11.9 Å². The molecule has 0 amide bonds. The molecule has 0 saturated heterocycles. The first-order valence-electron chi connectivity index (χ1n) is 18.1. The van der Waals surface area contributed by atoms with Gasteiger partial charge in [-0.2, -0.15) is 0 Å². The van der Waals surface area contributed by atoms with Crippen LogP contribution in [0.3, 0.4) is 0 Å². The summed E-state index contributed by atoms with van der Waals surface area (Å²) in [7, 11) is 0. The van der Waals surface area contributed by atoms with Gasteiger partial charge in [0.15, 0.2) is 0 Å². The Balaban J connectivity index is 0.000000333. The molecule has 0 fully saturated rings. The maximum Gasteiger partial charge on any atom is 2.00 e. The summed E-state index contributed by atoms with van der Waals surface area (Å²) in [6, 6.07) is 38.1. The first-order valence-corrected chi connectivity index (χ1v) is 18.1. The summed E-state index contributed by atoms with van der Waals surface area (Å²) in [5, 5.41) is 24.6. The van der Waals surface area contributed by atoms with Crippen LogP contribution >= 0.6 is 0 Å². The third-order valence-electron chi connectivity index (χ3n) is 9.57. The van der Waals surface area contributed by atoms with Gasteiger partial charge in [0.2, 0.25) is 0 Å². The Labute approximate surface area is 308 Å². The second-order valence-electron chi connectivity index (χ2n) is 12.9. The number of benzene rings is 4. The number of unbranched alkanes of at least 4 members (excludes halogenated alkanes) is 10. The Bertz CT molecular complexity index is 1250. The van der Waals surface area contributed by atoms with Crippen molar-refractivity contribution >= 4 is 11.9 Å². The fourth-order valence-corrected chi connectivity index (χ4v) is 6.82. The fraction of sp³-hybridized carbons (Fsp3) is 0.409. The van der Waals surface area contributed by atoms with Crippen LogP contribution in [0.15, 0.2) is 121 Å². The number of hydrogen-bond acceptors (Lipinski definition) is 4. The van der Waals surface area contributed by atoms with Crippen molar-refractivity contribution in [3.05, 3.63) is 144 Å². The van der Waals surface area contributed by atoms with E-state index in [1.807, 2.05) is 121 Å². The summed E-state index contributed by atoms with van der Waals surface area (Å²) >= 11 is 0. The summed E-state index contributed by atoms with van der Waals surface area (Å²) in [5.74, 6) is -2.01. The number of rotatable bonds is 20. The number of carboxylic acids is 2. The number of carboxylic acid groups (broad SMARTS) is 2. The van der Waals surface area contributed by atoms with Gasteiger partial charge in [0.1, 0.15) is 0 Å². The van der Waals surface area contributed by atoms with Gasteiger partial charge in [0.25, 0.3) is 0 Å². The maximum atomic E-state index is 12.3. The van der Waals surface area contributed by atoms with Crippen LogP contribution < -0.4 is 10.2 Å². The topological polar surface area (TPSA) is 80.3 Å². The average Bonchev–Trinajstić information content (AvgIpc) is 3.13. The number of hydrogen-bond donors (Lipinski definition) is 0. The van der Waals surface area contributed by atoms with E-state index < -0.39 is 22.8 Å². The molecule has 0 spiro atoms. The minimum atomic E-state index is -1.06. The summed E-state index contributed by atoms with van der Waals surface area (Å²) in [6.07, 6.45) is 14.8. The van der Waals surface area contributed by atoms with Gasteiger partial charge < -0.3 is 19.8 Å². The second-order valence-corrected chi connectivity index (χ2v) is 12.9. The molecule has 4 aromatic carbocycles. The van der Waals surface area contributed by atoms with Gasteiger partial charge in [-0.15, -0.1) is 0 Å². The second kappa shape index (κ2) is 23.0. The molecular formula is C44H54O4Zn. The SMILES string of the molecule is CCCCCCCCC(C(=O)[O-])(c1ccccc1)c1ccccc1.CCCCCCCCC(C(=O)[O-])(c1ccccc1)c1ccccc1.[Zn+2]. The predicted molar refractivity (Wildman–Crippen MR) is 193 cm³/mol. The Hall–Kier alpha value is -3.56. The normalized spacial score (nSPS) is 11.1. The van der Waals surface area contributed by atoms with Crippen LogP contribution in [-0.2, 0) is 39.9 Å². The molecule has 0 N–H and O–H groups in total. The summed E-state index contributed by atoms with van der Waals surface area (Å²) < 4.78 is 0. The molecule has 4 rings (SSSR count). The van der Waals surface area contributed by atoms with Gasteiger partial charge in [0.05, 0.1) is 22.8 Å². The van der Waals surface area contributed by atoms with Crippen LogP contribution in [0, 0.1) is 0 Å². The maximum absolute atomic E-state index is 12.3. The summed E-state index contributed by atoms with van der Waals surface area (Å²) in [5.41, 5.74) is 1.12. The van der Waals surface area contributed by atoms with Crippen molar-refractivity contribution < 1.29 is 39.3 Å². The molecule has 256 valence electrons. The van der Waals surface area contributed by atoms with E-state index in [2.05, 4.69) is 13.8 Å². The fourth-order valence-electron chi connectivity index (χ4n) is 6.82. The molecule has 0 radical (unpaired) electrons. The quantitative estimate of drug-likeness (QED) is 0.0678. The van der Waals surface area contributed by atoms with E-state index >= 15 is 0 Å². The van der Waals surface area contributed by atoms with E-state index in [1.165, 1.54) is 51.4 Å². The van der Waals surface area contributed by atoms with Gasteiger partial charge in [-0.3, -0.25) is 0 Å². The molecule has 0 heterocycles. The van der Waals surface area contributed by atoms with Gasteiger partial charge in [-0.05, 0) is 35.1 Å². The first-order chi connectivity index (χ1) is 23.4. The minimum Gasteiger partial charge on any atom is -0.549 e. The Morgan fingerprint density at radius 1 is 0.408 bits per heavy atom. The van der Waals surface area contributed by atoms with Crippen molar-refractivity contribution in [2.75, 3.05) is 0 Å². The number of aliphatic carboxylic acids is 2. The van der Waals surface area contributed by atoms with Crippen molar-refractivity contribution in [3.8, 4) is 0 Å². The van der Waals surface area contributed by atoms with E-state index in [0.29, 0.717) is 12.8 Å². The molecule has 0 aliphatic rings. The van der Waals surface area contributed by atoms with Crippen molar-refractivity contribution in [3.63, 3.8) is 0 Å². The summed E-state index contributed by atoms with van der Waals surface area (Å²) in [6.45, 7) is 4.40. The molecule has 0 unspecified atom stereocenters. The van der Waals surface area contributed by atoms with Crippen LogP contribution in [0.25, 0.3) is 0 Å². The zero-order valence-corrected chi connectivity index (χ0v) is 32.8. The Morgan fingerprint density at radius 2 is 0.633 bits per heavy atom. The molecule has 0 atom stereocenters. The Kier molecular flexibility index (Phi) is 19.5. The van der Waals surface area contributed by atoms with Crippen molar-refractivity contribution in [2.45, 2.75) is 115 Å². The van der Waals surface area contributed by atoms with Crippen molar-refractivity contribution in [1.29, 1.82) is 0 Å². The Morgan fingerprint density at radius 3 is 0.857 bits per heavy atom. The molecule has 49 heavy (non-hydrogen) atoms. The van der Waals surface area contributed by atoms with Crippen LogP contribution in [0.2, 0.25) is 0 Å². The van der Waals surface area contributed by atoms with Crippen LogP contribution in [0.4, 0.5) is 0 Å². The predicted octanol–water partition coefficient (Wildman–Crippen LogP) is 8.94. The van der Waals surface area contributed by atoms with E-state index in [0.717, 1.165) is 47.9 Å². The monoisotopic (exact) mass is 710 g/mol. The third-order valence-corrected chi connectivity index (χ3v) is 9.57. The van der Waals surface area contributed by atoms with E-state index in [1.54, 1.807) is 0 Å². The molecular weight excluding hydrogens is 658 g/mol. The number of carbonyl (C=O) groups excluding carboxylic acids is 2. The van der Waals surface area contributed by atoms with Crippen molar-refractivity contribution in [1.82, 2.24) is 0 Å². The molecule has 0 aliphatic carbocycles. The van der Waals surface area contributed by atoms with Gasteiger partial charge in [0, 0.05) is 0 Å². The summed E-state index contributed by atoms with van der Waals surface area (Å²) in [4.78, 5) is 24.6. The molecule has 0 saturated carbocycles. The smallest absolute Gasteiger partial charge is 0.549 e. The molecule has 4 nitrogen and oxygen atoms in total. The average molecular weight is 712 g/mol. The zero-order chi connectivity index (χ0) is 34.5. The molecule has 4 aromatic rings. The first kappa shape index (κ1) is 41.6. The van der Waals surface area contributed by atoms with Crippen molar-refractivity contribution in [2.24, 2.45) is 0 Å². The van der Waals surface area contributed by atoms with Crippen LogP contribution in [0.5, 0.6) is 0 Å². The molecule has 0 bridgehead atoms. The third kappa shape index (κ3) is 11.8. The standard InChI is InChI=1S/2C22H28O2.Zn/c2*1-2-3-4-5-6-13-18-22(21(23)24,19-14-9-7-10-15-19)20-16-11-8-12-17-20;/h2*7-12,14-17H,2-6,13,18H2,1H3,(H,23,24);/q;;+2/p-2. The van der Waals surface area contributed by atoms with Gasteiger partial charge >= 0.3 is 19.5 Å². The molecule has 5 heteroatoms. The van der Waals surface area contributed by atoms with Gasteiger partial charge in [-0.1, -0.05) is 212 Å². The van der Waals surface area contributed by atoms with E-state index in [9.17, 15) is 19.8 Å². The number of carbonyl (C=O) groups is 2. The molecule has 0 aliphatic heterocycles. The van der Waals surface area contributed by atoms with Gasteiger partial charge in [-0.25, -0.2) is 0 Å². The van der Waals surface area contributed by atoms with E-state index in [-0.39, 0.29) is 19.5 Å². The van der Waals surface area contributed by atoms with Crippen LogP contribution in [0.1, 0.15) is 126 Å². The zero-order valence-electron chi connectivity index (χ0n) is 29.8. The largest absolute Gasteiger partial charge is 2.00 e. The minimum absolute atomic E-state index is 0. The molecule has 0 aromatic heterocycles.